The van der Waals surface area contributed by atoms with Crippen LogP contribution in [0.3, 0.4) is 0 Å². The van der Waals surface area contributed by atoms with Gasteiger partial charge in [0, 0.05) is 24.4 Å². The van der Waals surface area contributed by atoms with E-state index < -0.39 is 0 Å². The summed E-state index contributed by atoms with van der Waals surface area (Å²) in [7, 11) is 0. The molecule has 0 radical (unpaired) electrons. The van der Waals surface area contributed by atoms with Crippen LogP contribution in [0.25, 0.3) is 0 Å². The van der Waals surface area contributed by atoms with Gasteiger partial charge in [0.2, 0.25) is 5.91 Å². The first-order valence-corrected chi connectivity index (χ1v) is 9.35. The highest BCUT2D eigenvalue weighted by Crippen LogP contribution is 2.31. The number of rotatable bonds is 7. The quantitative estimate of drug-likeness (QED) is 0.745. The van der Waals surface area contributed by atoms with E-state index in [2.05, 4.69) is 10.3 Å². The zero-order chi connectivity index (χ0) is 17.8. The van der Waals surface area contributed by atoms with Gasteiger partial charge in [-0.05, 0) is 54.8 Å². The molecule has 0 aromatic carbocycles. The molecule has 0 aliphatic heterocycles. The van der Waals surface area contributed by atoms with Gasteiger partial charge in [-0.25, -0.2) is 0 Å². The Kier molecular flexibility index (Phi) is 5.60. The summed E-state index contributed by atoms with van der Waals surface area (Å²) in [5.41, 5.74) is 1.79. The minimum atomic E-state index is -0.261. The van der Waals surface area contributed by atoms with Crippen LogP contribution in [0.15, 0.2) is 35.8 Å². The maximum atomic E-state index is 12.4. The number of carbonyl (C=O) groups is 2. The van der Waals surface area contributed by atoms with Crippen LogP contribution in [-0.2, 0) is 17.6 Å². The Morgan fingerprint density at radius 3 is 2.80 bits per heavy atom. The highest BCUT2D eigenvalue weighted by Gasteiger charge is 2.35. The number of nitrogens with zero attached hydrogens (tertiary/aromatic N) is 1. The monoisotopic (exact) mass is 358 g/mol. The Balaban J connectivity index is 1.62. The van der Waals surface area contributed by atoms with Crippen molar-refractivity contribution in [2.75, 3.05) is 0 Å². The molecule has 0 spiro atoms. The van der Waals surface area contributed by atoms with Gasteiger partial charge in [0.25, 0.3) is 0 Å². The lowest BCUT2D eigenvalue weighted by molar-refractivity contribution is -0.122. The number of aromatic nitrogens is 1. The van der Waals surface area contributed by atoms with Crippen LogP contribution in [0.1, 0.15) is 40.7 Å². The van der Waals surface area contributed by atoms with Crippen molar-refractivity contribution in [1.29, 1.82) is 0 Å². The van der Waals surface area contributed by atoms with Crippen molar-refractivity contribution in [3.05, 3.63) is 52.0 Å². The van der Waals surface area contributed by atoms with E-state index in [9.17, 15) is 14.7 Å². The van der Waals surface area contributed by atoms with E-state index >= 15 is 0 Å². The fourth-order valence-corrected chi connectivity index (χ4v) is 3.95. The SMILES string of the molecule is CC(=O)c1cc(CC(=O)N[C@H](Cc2ccccn2)C2CC(O)C2)cs1. The second-order valence-corrected chi connectivity index (χ2v) is 7.55. The maximum absolute atomic E-state index is 12.4. The molecule has 1 aliphatic carbocycles. The minimum absolute atomic E-state index is 0.0214. The molecule has 132 valence electrons. The lowest BCUT2D eigenvalue weighted by Gasteiger charge is -2.38. The largest absolute Gasteiger partial charge is 0.393 e. The second kappa shape index (κ2) is 7.89. The molecule has 2 aromatic heterocycles. The Hall–Kier alpha value is -2.05. The molecule has 0 bridgehead atoms. The molecular weight excluding hydrogens is 336 g/mol. The third-order valence-corrected chi connectivity index (χ3v) is 5.67. The molecule has 1 aliphatic rings. The lowest BCUT2D eigenvalue weighted by Crippen LogP contribution is -2.48. The van der Waals surface area contributed by atoms with Crippen molar-refractivity contribution in [1.82, 2.24) is 10.3 Å². The predicted octanol–water partition coefficient (Wildman–Crippen LogP) is 2.39. The fourth-order valence-electron chi connectivity index (χ4n) is 3.13. The summed E-state index contributed by atoms with van der Waals surface area (Å²) in [5, 5.41) is 14.6. The van der Waals surface area contributed by atoms with E-state index in [1.807, 2.05) is 23.6 Å². The fraction of sp³-hybridized carbons (Fsp3) is 0.421. The summed E-state index contributed by atoms with van der Waals surface area (Å²) in [6, 6.07) is 7.51. The molecule has 1 saturated carbocycles. The van der Waals surface area contributed by atoms with E-state index in [0.29, 0.717) is 24.1 Å². The van der Waals surface area contributed by atoms with Crippen LogP contribution in [-0.4, -0.2) is 33.9 Å². The van der Waals surface area contributed by atoms with E-state index in [4.69, 9.17) is 0 Å². The number of pyridine rings is 1. The van der Waals surface area contributed by atoms with Crippen LogP contribution in [0.2, 0.25) is 0 Å². The first kappa shape index (κ1) is 17.8. The maximum Gasteiger partial charge on any atom is 0.224 e. The molecule has 2 N–H and O–H groups in total. The van der Waals surface area contributed by atoms with Gasteiger partial charge >= 0.3 is 0 Å². The zero-order valence-electron chi connectivity index (χ0n) is 14.1. The van der Waals surface area contributed by atoms with Crippen LogP contribution in [0, 0.1) is 5.92 Å². The lowest BCUT2D eigenvalue weighted by atomic mass is 9.76. The average Bonchev–Trinajstić information content (AvgIpc) is 3.01. The molecule has 2 aromatic rings. The third-order valence-electron chi connectivity index (χ3n) is 4.59. The summed E-state index contributed by atoms with van der Waals surface area (Å²) in [6.45, 7) is 1.53. The first-order valence-electron chi connectivity index (χ1n) is 8.47. The number of thiophene rings is 1. The standard InChI is InChI=1S/C19H22N2O3S/c1-12(22)18-6-13(11-25-18)7-19(24)21-17(14-8-16(23)9-14)10-15-4-2-3-5-20-15/h2-6,11,14,16-17,23H,7-10H2,1H3,(H,21,24)/t14?,16?,17-/m1/s1. The van der Waals surface area contributed by atoms with Gasteiger partial charge in [0.15, 0.2) is 5.78 Å². The molecule has 6 heteroatoms. The number of aliphatic hydroxyl groups is 1. The van der Waals surface area contributed by atoms with Gasteiger partial charge in [-0.15, -0.1) is 11.3 Å². The van der Waals surface area contributed by atoms with Gasteiger partial charge in [0.05, 0.1) is 17.4 Å². The Morgan fingerprint density at radius 2 is 2.20 bits per heavy atom. The number of aliphatic hydroxyl groups excluding tert-OH is 1. The van der Waals surface area contributed by atoms with E-state index in [0.717, 1.165) is 11.3 Å². The van der Waals surface area contributed by atoms with Crippen molar-refractivity contribution < 1.29 is 14.7 Å². The smallest absolute Gasteiger partial charge is 0.224 e. The summed E-state index contributed by atoms with van der Waals surface area (Å²) in [4.78, 5) is 28.8. The van der Waals surface area contributed by atoms with Crippen molar-refractivity contribution >= 4 is 23.0 Å². The molecular formula is C19H22N2O3S. The predicted molar refractivity (Wildman–Crippen MR) is 96.6 cm³/mol. The molecule has 1 atom stereocenters. The van der Waals surface area contributed by atoms with Gasteiger partial charge in [-0.1, -0.05) is 6.07 Å². The molecule has 1 amide bonds. The van der Waals surface area contributed by atoms with Crippen LogP contribution in [0.4, 0.5) is 0 Å². The number of ketones is 1. The van der Waals surface area contributed by atoms with Crippen LogP contribution < -0.4 is 5.32 Å². The van der Waals surface area contributed by atoms with Crippen molar-refractivity contribution in [3.63, 3.8) is 0 Å². The van der Waals surface area contributed by atoms with Crippen molar-refractivity contribution in [3.8, 4) is 0 Å². The molecule has 0 unspecified atom stereocenters. The highest BCUT2D eigenvalue weighted by molar-refractivity contribution is 7.12. The number of Topliss-reactive ketones (excluding diaryl/α,β-unsaturated/α-hetero) is 1. The molecule has 1 fully saturated rings. The molecule has 3 rings (SSSR count). The highest BCUT2D eigenvalue weighted by atomic mass is 32.1. The topological polar surface area (TPSA) is 79.3 Å². The van der Waals surface area contributed by atoms with Gasteiger partial charge in [-0.3, -0.25) is 14.6 Å². The normalized spacial score (nSPS) is 20.6. The number of nitrogens with one attached hydrogen (secondary N) is 1. The first-order chi connectivity index (χ1) is 12.0. The van der Waals surface area contributed by atoms with Gasteiger partial charge < -0.3 is 10.4 Å². The van der Waals surface area contributed by atoms with E-state index in [1.54, 1.807) is 12.3 Å². The Bertz CT molecular complexity index is 738. The third kappa shape index (κ3) is 4.74. The number of carbonyl (C=O) groups excluding carboxylic acids is 2. The number of hydrogen-bond acceptors (Lipinski definition) is 5. The second-order valence-electron chi connectivity index (χ2n) is 6.64. The summed E-state index contributed by atoms with van der Waals surface area (Å²) < 4.78 is 0. The number of amides is 1. The number of hydrogen-bond donors (Lipinski definition) is 2. The summed E-state index contributed by atoms with van der Waals surface area (Å²) in [5.74, 6) is 0.236. The van der Waals surface area contributed by atoms with Gasteiger partial charge in [0.1, 0.15) is 0 Å². The summed E-state index contributed by atoms with van der Waals surface area (Å²) >= 11 is 1.37. The minimum Gasteiger partial charge on any atom is -0.393 e. The molecule has 5 nitrogen and oxygen atoms in total. The average molecular weight is 358 g/mol. The Labute approximate surface area is 151 Å². The van der Waals surface area contributed by atoms with E-state index in [-0.39, 0.29) is 36.2 Å². The van der Waals surface area contributed by atoms with E-state index in [1.165, 1.54) is 18.3 Å². The Morgan fingerprint density at radius 1 is 1.40 bits per heavy atom. The molecule has 2 heterocycles. The van der Waals surface area contributed by atoms with Crippen LogP contribution >= 0.6 is 11.3 Å². The van der Waals surface area contributed by atoms with Crippen LogP contribution in [0.5, 0.6) is 0 Å². The molecule has 25 heavy (non-hydrogen) atoms. The van der Waals surface area contributed by atoms with Crippen molar-refractivity contribution in [2.24, 2.45) is 5.92 Å². The van der Waals surface area contributed by atoms with Crippen molar-refractivity contribution in [2.45, 2.75) is 44.8 Å². The van der Waals surface area contributed by atoms with Gasteiger partial charge in [-0.2, -0.15) is 0 Å². The molecule has 0 saturated heterocycles. The zero-order valence-corrected chi connectivity index (χ0v) is 15.0. The summed E-state index contributed by atoms with van der Waals surface area (Å²) in [6.07, 6.45) is 3.83.